The third kappa shape index (κ3) is 2.89. The average Bonchev–Trinajstić information content (AvgIpc) is 3.54. The molecule has 1 aromatic carbocycles. The third-order valence-electron chi connectivity index (χ3n) is 9.29. The Hall–Kier alpha value is -2.05. The van der Waals surface area contributed by atoms with Gasteiger partial charge in [0.05, 0.1) is 17.1 Å². The summed E-state index contributed by atoms with van der Waals surface area (Å²) in [5, 5.41) is 23.2. The molecule has 3 aliphatic carbocycles. The monoisotopic (exact) mass is 452 g/mol. The molecule has 6 rings (SSSR count). The number of amides is 1. The molecule has 1 spiro atoms. The van der Waals surface area contributed by atoms with Gasteiger partial charge in [-0.15, -0.1) is 0 Å². The molecule has 2 bridgehead atoms. The summed E-state index contributed by atoms with van der Waals surface area (Å²) in [7, 11) is 1.86. The highest BCUT2D eigenvalue weighted by Gasteiger charge is 2.73. The van der Waals surface area contributed by atoms with E-state index < -0.39 is 11.0 Å². The number of piperidine rings is 1. The van der Waals surface area contributed by atoms with Gasteiger partial charge in [0.15, 0.2) is 11.5 Å². The molecule has 33 heavy (non-hydrogen) atoms. The first kappa shape index (κ1) is 21.5. The first-order valence-electron chi connectivity index (χ1n) is 12.8. The number of phenolic OH excluding ortho intramolecular Hbond substituents is 1. The second-order valence-electron chi connectivity index (χ2n) is 11.0. The number of aromatic hydroxyl groups is 1. The van der Waals surface area contributed by atoms with Crippen LogP contribution in [-0.2, 0) is 16.6 Å². The molecular formula is C27H36N2O4. The van der Waals surface area contributed by atoms with E-state index in [1.807, 2.05) is 24.1 Å². The minimum atomic E-state index is -0.907. The van der Waals surface area contributed by atoms with E-state index in [4.69, 9.17) is 4.74 Å². The summed E-state index contributed by atoms with van der Waals surface area (Å²) in [6, 6.07) is 3.69. The van der Waals surface area contributed by atoms with Gasteiger partial charge in [0, 0.05) is 25.2 Å². The number of nitrogens with zero attached hydrogens (tertiary/aromatic N) is 2. The maximum atomic E-state index is 13.0. The normalized spacial score (nSPS) is 36.5. The zero-order valence-corrected chi connectivity index (χ0v) is 19.8. The highest BCUT2D eigenvalue weighted by atomic mass is 16.5. The highest BCUT2D eigenvalue weighted by molar-refractivity contribution is 5.87. The Morgan fingerprint density at radius 3 is 2.88 bits per heavy atom. The third-order valence-corrected chi connectivity index (χ3v) is 9.29. The number of allylic oxidation sites excluding steroid dienone is 1. The van der Waals surface area contributed by atoms with E-state index in [1.54, 1.807) is 12.1 Å². The minimum absolute atomic E-state index is 0.0159. The van der Waals surface area contributed by atoms with Crippen LogP contribution < -0.4 is 4.74 Å². The molecule has 178 valence electrons. The number of rotatable bonds is 6. The van der Waals surface area contributed by atoms with Crippen molar-refractivity contribution in [2.45, 2.75) is 87.5 Å². The van der Waals surface area contributed by atoms with E-state index in [1.165, 1.54) is 18.4 Å². The lowest BCUT2D eigenvalue weighted by molar-refractivity contribution is -0.200. The summed E-state index contributed by atoms with van der Waals surface area (Å²) in [5.74, 6) is 1.44. The van der Waals surface area contributed by atoms with Crippen LogP contribution in [0, 0.1) is 5.92 Å². The molecule has 5 aliphatic rings. The molecule has 3 fully saturated rings. The fraction of sp³-hybridized carbons (Fsp3) is 0.667. The molecule has 2 heterocycles. The van der Waals surface area contributed by atoms with Crippen molar-refractivity contribution in [3.8, 4) is 11.5 Å². The van der Waals surface area contributed by atoms with Crippen molar-refractivity contribution < 1.29 is 19.7 Å². The van der Waals surface area contributed by atoms with Crippen molar-refractivity contribution in [1.82, 2.24) is 9.80 Å². The Morgan fingerprint density at radius 2 is 2.12 bits per heavy atom. The van der Waals surface area contributed by atoms with E-state index in [-0.39, 0.29) is 29.8 Å². The molecule has 1 amide bonds. The molecular weight excluding hydrogens is 416 g/mol. The van der Waals surface area contributed by atoms with Gasteiger partial charge in [-0.1, -0.05) is 25.5 Å². The molecule has 6 heteroatoms. The number of likely N-dealkylation sites (tertiary alicyclic amines) is 1. The number of carbonyl (C=O) groups excluding carboxylic acids is 1. The van der Waals surface area contributed by atoms with Crippen molar-refractivity contribution in [2.24, 2.45) is 5.92 Å². The Bertz CT molecular complexity index is 1000. The smallest absolute Gasteiger partial charge is 0.246 e. The van der Waals surface area contributed by atoms with Crippen LogP contribution in [-0.4, -0.2) is 69.8 Å². The predicted molar refractivity (Wildman–Crippen MR) is 125 cm³/mol. The quantitative estimate of drug-likeness (QED) is 0.649. The van der Waals surface area contributed by atoms with E-state index in [9.17, 15) is 15.0 Å². The predicted octanol–water partition coefficient (Wildman–Crippen LogP) is 3.14. The van der Waals surface area contributed by atoms with Crippen LogP contribution in [0.15, 0.2) is 24.3 Å². The van der Waals surface area contributed by atoms with Gasteiger partial charge >= 0.3 is 0 Å². The van der Waals surface area contributed by atoms with Crippen LogP contribution in [0.25, 0.3) is 0 Å². The maximum absolute atomic E-state index is 13.0. The molecule has 0 unspecified atom stereocenters. The van der Waals surface area contributed by atoms with Gasteiger partial charge in [-0.25, -0.2) is 0 Å². The SMILES string of the molecule is CCCC=CC(=O)N(C)[C@H]1CC[C@@]2(O)[C@H]3Cc4ccc(O)c5c4[C@@]2(CCN3CC2CC2)[C@H]1O5. The number of ether oxygens (including phenoxy) is 1. The molecule has 2 saturated carbocycles. The minimum Gasteiger partial charge on any atom is -0.504 e. The first-order chi connectivity index (χ1) is 15.9. The van der Waals surface area contributed by atoms with Crippen LogP contribution in [0.4, 0.5) is 0 Å². The lowest BCUT2D eigenvalue weighted by atomic mass is 9.48. The Balaban J connectivity index is 1.42. The number of phenols is 1. The van der Waals surface area contributed by atoms with Gasteiger partial charge in [0.1, 0.15) is 6.10 Å². The lowest BCUT2D eigenvalue weighted by Crippen LogP contribution is -2.78. The summed E-state index contributed by atoms with van der Waals surface area (Å²) in [6.07, 6.45) is 10.7. The molecule has 2 aliphatic heterocycles. The first-order valence-corrected chi connectivity index (χ1v) is 12.8. The van der Waals surface area contributed by atoms with Gasteiger partial charge < -0.3 is 19.8 Å². The summed E-state index contributed by atoms with van der Waals surface area (Å²) >= 11 is 0. The second-order valence-corrected chi connectivity index (χ2v) is 11.0. The van der Waals surface area contributed by atoms with Crippen LogP contribution in [0.5, 0.6) is 11.5 Å². The number of hydrogen-bond donors (Lipinski definition) is 2. The highest BCUT2D eigenvalue weighted by Crippen LogP contribution is 2.66. The summed E-state index contributed by atoms with van der Waals surface area (Å²) in [4.78, 5) is 17.4. The molecule has 1 saturated heterocycles. The number of unbranched alkanes of at least 4 members (excludes halogenated alkanes) is 1. The zero-order valence-electron chi connectivity index (χ0n) is 19.8. The molecule has 0 radical (unpaired) electrons. The Morgan fingerprint density at radius 1 is 1.30 bits per heavy atom. The van der Waals surface area contributed by atoms with Crippen LogP contribution in [0.1, 0.15) is 63.0 Å². The van der Waals surface area contributed by atoms with Gasteiger partial charge in [-0.05, 0) is 75.1 Å². The maximum Gasteiger partial charge on any atom is 0.246 e. The summed E-state index contributed by atoms with van der Waals surface area (Å²) in [6.45, 7) is 4.10. The molecule has 2 N–H and O–H groups in total. The van der Waals surface area contributed by atoms with E-state index in [2.05, 4.69) is 11.8 Å². The van der Waals surface area contributed by atoms with Gasteiger partial charge in [0.25, 0.3) is 0 Å². The Kier molecular flexibility index (Phi) is 4.87. The van der Waals surface area contributed by atoms with E-state index >= 15 is 0 Å². The zero-order chi connectivity index (χ0) is 23.0. The number of likely N-dealkylation sites (N-methyl/N-ethyl adjacent to an activating group) is 1. The number of hydrogen-bond acceptors (Lipinski definition) is 5. The summed E-state index contributed by atoms with van der Waals surface area (Å²) in [5.41, 5.74) is 0.724. The van der Waals surface area contributed by atoms with Crippen LogP contribution >= 0.6 is 0 Å². The van der Waals surface area contributed by atoms with Crippen LogP contribution in [0.3, 0.4) is 0 Å². The molecule has 1 aromatic rings. The number of carbonyl (C=O) groups is 1. The number of benzene rings is 1. The molecule has 6 nitrogen and oxygen atoms in total. The largest absolute Gasteiger partial charge is 0.504 e. The van der Waals surface area contributed by atoms with E-state index in [0.717, 1.165) is 50.3 Å². The number of aliphatic hydroxyl groups is 1. The fourth-order valence-electron chi connectivity index (χ4n) is 7.48. The molecule has 5 atom stereocenters. The Labute approximate surface area is 196 Å². The summed E-state index contributed by atoms with van der Waals surface area (Å²) < 4.78 is 6.57. The van der Waals surface area contributed by atoms with Crippen molar-refractivity contribution in [3.05, 3.63) is 35.4 Å². The van der Waals surface area contributed by atoms with Crippen LogP contribution in [0.2, 0.25) is 0 Å². The van der Waals surface area contributed by atoms with E-state index in [0.29, 0.717) is 18.6 Å². The van der Waals surface area contributed by atoms with Crippen molar-refractivity contribution >= 4 is 5.91 Å². The fourth-order valence-corrected chi connectivity index (χ4v) is 7.48. The van der Waals surface area contributed by atoms with Gasteiger partial charge in [0.2, 0.25) is 5.91 Å². The standard InChI is InChI=1S/C27H36N2O4/c1-3-4-5-6-22(31)28(2)19-11-12-27(32)21-15-18-9-10-20(30)24-23(18)26(27,25(19)33-24)13-14-29(21)16-17-7-8-17/h5-6,9-10,17,19,21,25,30,32H,3-4,7-8,11-16H2,1-2H3/t19-,21+,25-,26-,27+/m0/s1. The van der Waals surface area contributed by atoms with Crippen molar-refractivity contribution in [1.29, 1.82) is 0 Å². The molecule has 0 aromatic heterocycles. The van der Waals surface area contributed by atoms with Gasteiger partial charge in [-0.3, -0.25) is 9.69 Å². The topological polar surface area (TPSA) is 73.2 Å². The lowest BCUT2D eigenvalue weighted by Gasteiger charge is -2.64. The van der Waals surface area contributed by atoms with Gasteiger partial charge in [-0.2, -0.15) is 0 Å². The van der Waals surface area contributed by atoms with Crippen molar-refractivity contribution in [3.63, 3.8) is 0 Å². The van der Waals surface area contributed by atoms with Crippen molar-refractivity contribution in [2.75, 3.05) is 20.1 Å². The average molecular weight is 453 g/mol. The second kappa shape index (κ2) is 7.47.